The standard InChI is InChI=1S/C11H13NO.Na/c1-11(2,3)9-6-8(7-12)4-5-10(9)13;/h4-6,13H,1-3H3;/q;+1/p-1. The topological polar surface area (TPSA) is 46.8 Å². The molecule has 1 aromatic carbocycles. The molecular formula is C11H12NNaO. The molecular weight excluding hydrogens is 185 g/mol. The van der Waals surface area contributed by atoms with Crippen molar-refractivity contribution in [2.24, 2.45) is 0 Å². The Bertz CT molecular complexity index is 361. The van der Waals surface area contributed by atoms with Crippen LogP contribution in [-0.2, 0) is 5.41 Å². The Balaban J connectivity index is 0.00000169. The second kappa shape index (κ2) is 4.84. The van der Waals surface area contributed by atoms with Crippen LogP contribution in [0.2, 0.25) is 0 Å². The Morgan fingerprint density at radius 1 is 1.29 bits per heavy atom. The van der Waals surface area contributed by atoms with Gasteiger partial charge in [-0.3, -0.25) is 0 Å². The number of benzene rings is 1. The van der Waals surface area contributed by atoms with Gasteiger partial charge in [0.15, 0.2) is 0 Å². The monoisotopic (exact) mass is 197 g/mol. The fourth-order valence-electron chi connectivity index (χ4n) is 1.19. The zero-order chi connectivity index (χ0) is 10.1. The minimum Gasteiger partial charge on any atom is -0.872 e. The third-order valence-corrected chi connectivity index (χ3v) is 1.92. The van der Waals surface area contributed by atoms with Gasteiger partial charge in [-0.25, -0.2) is 0 Å². The Morgan fingerprint density at radius 2 is 1.86 bits per heavy atom. The summed E-state index contributed by atoms with van der Waals surface area (Å²) in [6.07, 6.45) is 0. The van der Waals surface area contributed by atoms with Gasteiger partial charge in [-0.1, -0.05) is 26.8 Å². The van der Waals surface area contributed by atoms with Crippen LogP contribution in [-0.4, -0.2) is 0 Å². The molecule has 3 heteroatoms. The molecule has 0 aliphatic carbocycles. The van der Waals surface area contributed by atoms with E-state index in [2.05, 4.69) is 0 Å². The van der Waals surface area contributed by atoms with Gasteiger partial charge < -0.3 is 5.11 Å². The second-order valence-electron chi connectivity index (χ2n) is 4.07. The van der Waals surface area contributed by atoms with Crippen LogP contribution in [0.5, 0.6) is 5.75 Å². The quantitative estimate of drug-likeness (QED) is 0.497. The summed E-state index contributed by atoms with van der Waals surface area (Å²) in [6.45, 7) is 5.89. The van der Waals surface area contributed by atoms with Crippen LogP contribution in [0.1, 0.15) is 31.9 Å². The second-order valence-corrected chi connectivity index (χ2v) is 4.07. The predicted octanol–water partition coefficient (Wildman–Crippen LogP) is -1.07. The van der Waals surface area contributed by atoms with Crippen molar-refractivity contribution in [3.05, 3.63) is 29.3 Å². The Morgan fingerprint density at radius 3 is 2.29 bits per heavy atom. The molecule has 1 rings (SSSR count). The summed E-state index contributed by atoms with van der Waals surface area (Å²) < 4.78 is 0. The summed E-state index contributed by atoms with van der Waals surface area (Å²) in [5.74, 6) is 0.00602. The predicted molar refractivity (Wildman–Crippen MR) is 49.3 cm³/mol. The smallest absolute Gasteiger partial charge is 0.872 e. The van der Waals surface area contributed by atoms with Crippen LogP contribution in [0, 0.1) is 11.3 Å². The molecule has 0 atom stereocenters. The van der Waals surface area contributed by atoms with E-state index in [9.17, 15) is 5.11 Å². The van der Waals surface area contributed by atoms with E-state index in [1.165, 1.54) is 6.07 Å². The van der Waals surface area contributed by atoms with Crippen LogP contribution in [0.15, 0.2) is 18.2 Å². The van der Waals surface area contributed by atoms with Crippen molar-refractivity contribution >= 4 is 0 Å². The fourth-order valence-corrected chi connectivity index (χ4v) is 1.19. The molecule has 0 saturated heterocycles. The number of nitrogens with zero attached hydrogens (tertiary/aromatic N) is 1. The normalized spacial score (nSPS) is 10.1. The van der Waals surface area contributed by atoms with Crippen molar-refractivity contribution in [2.45, 2.75) is 26.2 Å². The van der Waals surface area contributed by atoms with Gasteiger partial charge >= 0.3 is 29.6 Å². The zero-order valence-electron chi connectivity index (χ0n) is 9.09. The summed E-state index contributed by atoms with van der Waals surface area (Å²) in [5.41, 5.74) is 1.06. The maximum absolute atomic E-state index is 11.4. The fraction of sp³-hybridized carbons (Fsp3) is 0.364. The minimum atomic E-state index is -0.191. The first-order valence-corrected chi connectivity index (χ1v) is 4.17. The Hall–Kier alpha value is -0.490. The third-order valence-electron chi connectivity index (χ3n) is 1.92. The van der Waals surface area contributed by atoms with Crippen molar-refractivity contribution in [2.75, 3.05) is 0 Å². The van der Waals surface area contributed by atoms with Crippen molar-refractivity contribution in [3.63, 3.8) is 0 Å². The average molecular weight is 197 g/mol. The van der Waals surface area contributed by atoms with Gasteiger partial charge in [-0.15, -0.1) is 5.75 Å². The molecule has 1 aromatic rings. The molecule has 0 fully saturated rings. The van der Waals surface area contributed by atoms with Crippen molar-refractivity contribution < 1.29 is 34.7 Å². The summed E-state index contributed by atoms with van der Waals surface area (Å²) in [6, 6.07) is 6.71. The van der Waals surface area contributed by atoms with Gasteiger partial charge in [-0.05, 0) is 23.1 Å². The molecule has 0 saturated carbocycles. The van der Waals surface area contributed by atoms with E-state index in [-0.39, 0.29) is 40.7 Å². The molecule has 14 heavy (non-hydrogen) atoms. The molecule has 2 nitrogen and oxygen atoms in total. The van der Waals surface area contributed by atoms with Gasteiger partial charge in [0.2, 0.25) is 0 Å². The van der Waals surface area contributed by atoms with Gasteiger partial charge in [0.05, 0.1) is 11.6 Å². The molecule has 68 valence electrons. The van der Waals surface area contributed by atoms with Crippen LogP contribution in [0.25, 0.3) is 0 Å². The van der Waals surface area contributed by atoms with Gasteiger partial charge in [0.1, 0.15) is 0 Å². The van der Waals surface area contributed by atoms with E-state index in [4.69, 9.17) is 5.26 Å². The van der Waals surface area contributed by atoms with E-state index in [0.29, 0.717) is 11.1 Å². The largest absolute Gasteiger partial charge is 1.00 e. The van der Waals surface area contributed by atoms with Crippen LogP contribution >= 0.6 is 0 Å². The first-order chi connectivity index (χ1) is 5.95. The van der Waals surface area contributed by atoms with E-state index in [1.54, 1.807) is 12.1 Å². The Labute approximate surface area is 107 Å². The molecule has 0 aromatic heterocycles. The molecule has 0 radical (unpaired) electrons. The van der Waals surface area contributed by atoms with E-state index >= 15 is 0 Å². The average Bonchev–Trinajstić information content (AvgIpc) is 2.03. The van der Waals surface area contributed by atoms with E-state index in [0.717, 1.165) is 0 Å². The van der Waals surface area contributed by atoms with Crippen LogP contribution in [0.4, 0.5) is 0 Å². The van der Waals surface area contributed by atoms with Crippen LogP contribution in [0.3, 0.4) is 0 Å². The number of nitriles is 1. The van der Waals surface area contributed by atoms with Gasteiger partial charge in [0.25, 0.3) is 0 Å². The molecule has 0 spiro atoms. The van der Waals surface area contributed by atoms with Crippen molar-refractivity contribution in [1.29, 1.82) is 5.26 Å². The minimum absolute atomic E-state index is 0. The summed E-state index contributed by atoms with van der Waals surface area (Å²) >= 11 is 0. The SMILES string of the molecule is CC(C)(C)c1cc(C#N)ccc1[O-].[Na+]. The zero-order valence-corrected chi connectivity index (χ0v) is 11.1. The van der Waals surface area contributed by atoms with Crippen LogP contribution < -0.4 is 34.7 Å². The molecule has 0 aliphatic rings. The summed E-state index contributed by atoms with van der Waals surface area (Å²) in [4.78, 5) is 0. The molecule has 0 unspecified atom stereocenters. The molecule has 0 amide bonds. The molecule has 0 bridgehead atoms. The first kappa shape index (κ1) is 13.5. The molecule has 0 heterocycles. The maximum atomic E-state index is 11.4. The Kier molecular flexibility index (Phi) is 4.67. The third kappa shape index (κ3) is 3.02. The number of hydrogen-bond donors (Lipinski definition) is 0. The summed E-state index contributed by atoms with van der Waals surface area (Å²) in [5, 5.41) is 20.1. The van der Waals surface area contributed by atoms with E-state index in [1.807, 2.05) is 26.8 Å². The maximum Gasteiger partial charge on any atom is 1.00 e. The van der Waals surface area contributed by atoms with Gasteiger partial charge in [-0.2, -0.15) is 5.26 Å². The van der Waals surface area contributed by atoms with Gasteiger partial charge in [0, 0.05) is 0 Å². The molecule has 0 aliphatic heterocycles. The number of hydrogen-bond acceptors (Lipinski definition) is 2. The van der Waals surface area contributed by atoms with Crippen molar-refractivity contribution in [3.8, 4) is 11.8 Å². The first-order valence-electron chi connectivity index (χ1n) is 4.17. The van der Waals surface area contributed by atoms with Crippen molar-refractivity contribution in [1.82, 2.24) is 0 Å². The van der Waals surface area contributed by atoms with E-state index < -0.39 is 0 Å². The summed E-state index contributed by atoms with van der Waals surface area (Å²) in [7, 11) is 0. The molecule has 0 N–H and O–H groups in total. The number of rotatable bonds is 0.